The van der Waals surface area contributed by atoms with E-state index < -0.39 is 0 Å². The number of hydrogen-bond donors (Lipinski definition) is 2. The van der Waals surface area contributed by atoms with E-state index in [1.165, 1.54) is 0 Å². The van der Waals surface area contributed by atoms with Gasteiger partial charge >= 0.3 is 0 Å². The number of likely N-dealkylation sites (N-methyl/N-ethyl adjacent to an activating group) is 1. The molecule has 0 radical (unpaired) electrons. The summed E-state index contributed by atoms with van der Waals surface area (Å²) in [6, 6.07) is 0.875. The summed E-state index contributed by atoms with van der Waals surface area (Å²) in [5.41, 5.74) is 5.95. The van der Waals surface area contributed by atoms with Crippen LogP contribution >= 0.6 is 0 Å². The van der Waals surface area contributed by atoms with Crippen molar-refractivity contribution in [2.45, 2.75) is 71.1 Å². The van der Waals surface area contributed by atoms with E-state index in [4.69, 9.17) is 10.5 Å². The molecule has 0 saturated heterocycles. The van der Waals surface area contributed by atoms with Gasteiger partial charge in [-0.25, -0.2) is 0 Å². The van der Waals surface area contributed by atoms with Gasteiger partial charge in [-0.15, -0.1) is 0 Å². The first kappa shape index (κ1) is 18.4. The van der Waals surface area contributed by atoms with Gasteiger partial charge in [0, 0.05) is 25.2 Å². The van der Waals surface area contributed by atoms with Crippen molar-refractivity contribution in [2.24, 2.45) is 5.73 Å². The summed E-state index contributed by atoms with van der Waals surface area (Å²) >= 11 is 0. The van der Waals surface area contributed by atoms with Crippen LogP contribution < -0.4 is 11.1 Å². The molecule has 1 rings (SSSR count). The van der Waals surface area contributed by atoms with Gasteiger partial charge in [0.1, 0.15) is 0 Å². The lowest BCUT2D eigenvalue weighted by Gasteiger charge is -2.35. The van der Waals surface area contributed by atoms with Crippen LogP contribution in [-0.2, 0) is 9.53 Å². The zero-order valence-electron chi connectivity index (χ0n) is 13.9. The molecule has 0 spiro atoms. The molecule has 5 nitrogen and oxygen atoms in total. The van der Waals surface area contributed by atoms with Crippen LogP contribution in [0.25, 0.3) is 0 Å². The second-order valence-electron chi connectivity index (χ2n) is 6.25. The van der Waals surface area contributed by atoms with Crippen LogP contribution in [0.15, 0.2) is 0 Å². The first-order valence-corrected chi connectivity index (χ1v) is 8.40. The van der Waals surface area contributed by atoms with Crippen molar-refractivity contribution in [1.82, 2.24) is 10.2 Å². The highest BCUT2D eigenvalue weighted by Gasteiger charge is 2.24. The van der Waals surface area contributed by atoms with Crippen LogP contribution in [0.3, 0.4) is 0 Å². The van der Waals surface area contributed by atoms with Crippen molar-refractivity contribution in [1.29, 1.82) is 0 Å². The summed E-state index contributed by atoms with van der Waals surface area (Å²) in [4.78, 5) is 14.3. The minimum atomic E-state index is 0.122. The number of rotatable bonds is 9. The summed E-state index contributed by atoms with van der Waals surface area (Å²) < 4.78 is 5.46. The Hall–Kier alpha value is -0.650. The molecule has 124 valence electrons. The predicted molar refractivity (Wildman–Crippen MR) is 86.2 cm³/mol. The molecule has 0 aromatic heterocycles. The fraction of sp³-hybridized carbons (Fsp3) is 0.938. The van der Waals surface area contributed by atoms with Gasteiger partial charge in [0.25, 0.3) is 0 Å². The molecular formula is C16H33N3O2. The van der Waals surface area contributed by atoms with Crippen molar-refractivity contribution < 1.29 is 9.53 Å². The molecule has 0 heterocycles. The molecular weight excluding hydrogens is 266 g/mol. The first-order valence-electron chi connectivity index (χ1n) is 8.40. The third-order valence-corrected chi connectivity index (χ3v) is 4.11. The Balaban J connectivity index is 2.18. The molecule has 0 unspecified atom stereocenters. The largest absolute Gasteiger partial charge is 0.379 e. The molecule has 5 heteroatoms. The predicted octanol–water partition coefficient (Wildman–Crippen LogP) is 1.51. The molecule has 0 aromatic carbocycles. The molecule has 0 aliphatic heterocycles. The standard InChI is InChI=1S/C16H33N3O2/c1-4-19(15-8-6-14(17)7-9-15)12-16(20)18-10-5-11-21-13(2)3/h13-15H,4-12,17H2,1-3H3,(H,18,20). The summed E-state index contributed by atoms with van der Waals surface area (Å²) in [5, 5.41) is 2.98. The summed E-state index contributed by atoms with van der Waals surface area (Å²) in [7, 11) is 0. The van der Waals surface area contributed by atoms with Gasteiger partial charge in [-0.1, -0.05) is 6.92 Å². The summed E-state index contributed by atoms with van der Waals surface area (Å²) in [5.74, 6) is 0.122. The second kappa shape index (κ2) is 10.1. The highest BCUT2D eigenvalue weighted by molar-refractivity contribution is 5.78. The summed E-state index contributed by atoms with van der Waals surface area (Å²) in [6.07, 6.45) is 5.52. The van der Waals surface area contributed by atoms with Gasteiger partial charge in [-0.3, -0.25) is 9.69 Å². The average molecular weight is 299 g/mol. The van der Waals surface area contributed by atoms with E-state index in [1.54, 1.807) is 0 Å². The molecule has 3 N–H and O–H groups in total. The number of nitrogens with two attached hydrogens (primary N) is 1. The molecule has 0 aromatic rings. The van der Waals surface area contributed by atoms with Gasteiger partial charge in [0.15, 0.2) is 0 Å². The van der Waals surface area contributed by atoms with E-state index in [9.17, 15) is 4.79 Å². The number of nitrogens with one attached hydrogen (secondary N) is 1. The Bertz CT molecular complexity index is 289. The van der Waals surface area contributed by atoms with Crippen molar-refractivity contribution >= 4 is 5.91 Å². The van der Waals surface area contributed by atoms with E-state index in [2.05, 4.69) is 17.1 Å². The SMILES string of the molecule is CCN(CC(=O)NCCCOC(C)C)C1CCC(N)CC1. The zero-order valence-corrected chi connectivity index (χ0v) is 13.9. The van der Waals surface area contributed by atoms with Gasteiger partial charge < -0.3 is 15.8 Å². The lowest BCUT2D eigenvalue weighted by Crippen LogP contribution is -2.45. The minimum absolute atomic E-state index is 0.122. The van der Waals surface area contributed by atoms with E-state index in [1.807, 2.05) is 13.8 Å². The summed E-state index contributed by atoms with van der Waals surface area (Å²) in [6.45, 7) is 8.99. The molecule has 1 fully saturated rings. The Labute approximate surface area is 129 Å². The zero-order chi connectivity index (χ0) is 15.7. The number of ether oxygens (including phenoxy) is 1. The first-order chi connectivity index (χ1) is 10.0. The van der Waals surface area contributed by atoms with Crippen LogP contribution in [0, 0.1) is 0 Å². The van der Waals surface area contributed by atoms with Crippen LogP contribution in [0.1, 0.15) is 52.9 Å². The van der Waals surface area contributed by atoms with Crippen LogP contribution in [0.5, 0.6) is 0 Å². The van der Waals surface area contributed by atoms with E-state index in [-0.39, 0.29) is 12.0 Å². The Kier molecular flexibility index (Phi) is 8.88. The van der Waals surface area contributed by atoms with Gasteiger partial charge in [0.2, 0.25) is 5.91 Å². The molecule has 0 atom stereocenters. The number of nitrogens with zero attached hydrogens (tertiary/aromatic N) is 1. The second-order valence-corrected chi connectivity index (χ2v) is 6.25. The fourth-order valence-electron chi connectivity index (χ4n) is 2.83. The molecule has 1 amide bonds. The number of amides is 1. The highest BCUT2D eigenvalue weighted by atomic mass is 16.5. The van der Waals surface area contributed by atoms with Gasteiger partial charge in [-0.05, 0) is 52.5 Å². The Morgan fingerprint density at radius 1 is 1.33 bits per heavy atom. The smallest absolute Gasteiger partial charge is 0.234 e. The topological polar surface area (TPSA) is 67.6 Å². The van der Waals surface area contributed by atoms with Crippen molar-refractivity contribution in [3.63, 3.8) is 0 Å². The molecule has 1 saturated carbocycles. The molecule has 21 heavy (non-hydrogen) atoms. The monoisotopic (exact) mass is 299 g/mol. The molecule has 1 aliphatic carbocycles. The fourth-order valence-corrected chi connectivity index (χ4v) is 2.83. The quantitative estimate of drug-likeness (QED) is 0.633. The Morgan fingerprint density at radius 3 is 2.57 bits per heavy atom. The van der Waals surface area contributed by atoms with Crippen molar-refractivity contribution in [3.8, 4) is 0 Å². The normalized spacial score (nSPS) is 22.8. The number of carbonyl (C=O) groups excluding carboxylic acids is 1. The minimum Gasteiger partial charge on any atom is -0.379 e. The van der Waals surface area contributed by atoms with E-state index >= 15 is 0 Å². The van der Waals surface area contributed by atoms with Gasteiger partial charge in [0.05, 0.1) is 12.6 Å². The van der Waals surface area contributed by atoms with E-state index in [0.717, 1.165) is 38.6 Å². The van der Waals surface area contributed by atoms with Crippen LogP contribution in [0.4, 0.5) is 0 Å². The lowest BCUT2D eigenvalue weighted by atomic mass is 9.91. The number of hydrogen-bond acceptors (Lipinski definition) is 4. The third-order valence-electron chi connectivity index (χ3n) is 4.11. The van der Waals surface area contributed by atoms with Crippen molar-refractivity contribution in [2.75, 3.05) is 26.2 Å². The maximum absolute atomic E-state index is 12.0. The molecule has 1 aliphatic rings. The molecule has 0 bridgehead atoms. The van der Waals surface area contributed by atoms with Gasteiger partial charge in [-0.2, -0.15) is 0 Å². The third kappa shape index (κ3) is 7.79. The highest BCUT2D eigenvalue weighted by Crippen LogP contribution is 2.21. The van der Waals surface area contributed by atoms with Crippen LogP contribution in [-0.4, -0.2) is 55.2 Å². The lowest BCUT2D eigenvalue weighted by molar-refractivity contribution is -0.123. The maximum atomic E-state index is 12.0. The van der Waals surface area contributed by atoms with E-state index in [0.29, 0.717) is 31.8 Å². The van der Waals surface area contributed by atoms with Crippen molar-refractivity contribution in [3.05, 3.63) is 0 Å². The Morgan fingerprint density at radius 2 is 2.00 bits per heavy atom. The maximum Gasteiger partial charge on any atom is 0.234 e. The average Bonchev–Trinajstić information content (AvgIpc) is 2.45. The number of carbonyl (C=O) groups is 1. The van der Waals surface area contributed by atoms with Crippen LogP contribution in [0.2, 0.25) is 0 Å².